The molecule has 0 unspecified atom stereocenters. The van der Waals surface area contributed by atoms with Gasteiger partial charge in [-0.1, -0.05) is 0 Å². The summed E-state index contributed by atoms with van der Waals surface area (Å²) in [5.41, 5.74) is 4.01. The van der Waals surface area contributed by atoms with E-state index in [1.807, 2.05) is 17.2 Å². The highest BCUT2D eigenvalue weighted by Crippen LogP contribution is 2.30. The molecule has 144 valence electrons. The number of hydrogen-bond donors (Lipinski definition) is 0. The van der Waals surface area contributed by atoms with Crippen LogP contribution < -0.4 is 4.90 Å². The molecule has 28 heavy (non-hydrogen) atoms. The van der Waals surface area contributed by atoms with E-state index < -0.39 is 0 Å². The van der Waals surface area contributed by atoms with Gasteiger partial charge >= 0.3 is 0 Å². The molecule has 0 saturated carbocycles. The maximum Gasteiger partial charge on any atom is 0.258 e. The van der Waals surface area contributed by atoms with E-state index in [4.69, 9.17) is 4.74 Å². The molecular weight excluding hydrogens is 361 g/mol. The van der Waals surface area contributed by atoms with Gasteiger partial charge in [0.15, 0.2) is 0 Å². The zero-order chi connectivity index (χ0) is 19.1. The fourth-order valence-corrected chi connectivity index (χ4v) is 3.89. The first kappa shape index (κ1) is 17.1. The van der Waals surface area contributed by atoms with Crippen LogP contribution in [0.15, 0.2) is 36.8 Å². The normalized spacial score (nSPS) is 16.8. The van der Waals surface area contributed by atoms with E-state index in [-0.39, 0.29) is 11.7 Å². The summed E-state index contributed by atoms with van der Waals surface area (Å²) in [6, 6.07) is 4.96. The number of amides is 1. The fraction of sp³-hybridized carbons (Fsp3) is 0.350. The number of hydrogen-bond acceptors (Lipinski definition) is 5. The summed E-state index contributed by atoms with van der Waals surface area (Å²) in [7, 11) is 0. The van der Waals surface area contributed by atoms with Crippen LogP contribution in [0.1, 0.15) is 21.7 Å². The molecule has 3 aromatic heterocycles. The topological polar surface area (TPSA) is 63.0 Å². The highest BCUT2D eigenvalue weighted by atomic mass is 19.1. The van der Waals surface area contributed by atoms with Gasteiger partial charge in [0, 0.05) is 44.6 Å². The number of rotatable bonds is 4. The SMILES string of the molecule is O=C1c2c(N3CCOCC3)ccnc2CN1CCc1cn2cc(F)ccc2n1. The average Bonchev–Trinajstić information content (AvgIpc) is 3.27. The third-order valence-corrected chi connectivity index (χ3v) is 5.30. The highest BCUT2D eigenvalue weighted by Gasteiger charge is 2.32. The lowest BCUT2D eigenvalue weighted by molar-refractivity contribution is 0.0779. The number of anilines is 1. The standard InChI is InChI=1S/C20H20FN5O2/c21-14-1-2-18-23-15(12-26(18)11-14)4-6-25-13-16-19(20(25)27)17(3-5-22-16)24-7-9-28-10-8-24/h1-3,5,11-12H,4,6-10,13H2. The molecular formula is C20H20FN5O2. The first-order valence-electron chi connectivity index (χ1n) is 9.42. The summed E-state index contributed by atoms with van der Waals surface area (Å²) in [5.74, 6) is -0.289. The van der Waals surface area contributed by atoms with Crippen molar-refractivity contribution in [3.05, 3.63) is 59.6 Å². The molecule has 0 aliphatic carbocycles. The number of morpholine rings is 1. The molecule has 1 fully saturated rings. The molecule has 5 rings (SSSR count). The number of imidazole rings is 1. The van der Waals surface area contributed by atoms with Gasteiger partial charge in [0.25, 0.3) is 5.91 Å². The second-order valence-electron chi connectivity index (χ2n) is 7.07. The lowest BCUT2D eigenvalue weighted by Crippen LogP contribution is -2.37. The Balaban J connectivity index is 1.33. The van der Waals surface area contributed by atoms with Gasteiger partial charge in [0.1, 0.15) is 11.5 Å². The lowest BCUT2D eigenvalue weighted by atomic mass is 10.1. The van der Waals surface area contributed by atoms with Crippen molar-refractivity contribution in [2.24, 2.45) is 0 Å². The number of halogens is 1. The Morgan fingerprint density at radius 3 is 2.86 bits per heavy atom. The van der Waals surface area contributed by atoms with Crippen molar-refractivity contribution in [1.82, 2.24) is 19.3 Å². The molecule has 7 nitrogen and oxygen atoms in total. The molecule has 8 heteroatoms. The Kier molecular flexibility index (Phi) is 4.20. The van der Waals surface area contributed by atoms with Crippen LogP contribution in [0.2, 0.25) is 0 Å². The number of fused-ring (bicyclic) bond motifs is 2. The molecule has 0 spiro atoms. The summed E-state index contributed by atoms with van der Waals surface area (Å²) < 4.78 is 20.4. The number of pyridine rings is 2. The third kappa shape index (κ3) is 2.99. The summed E-state index contributed by atoms with van der Waals surface area (Å²) in [5, 5.41) is 0. The lowest BCUT2D eigenvalue weighted by Gasteiger charge is -2.30. The van der Waals surface area contributed by atoms with Crippen LogP contribution in [0, 0.1) is 5.82 Å². The van der Waals surface area contributed by atoms with Gasteiger partial charge < -0.3 is 18.9 Å². The van der Waals surface area contributed by atoms with E-state index in [9.17, 15) is 9.18 Å². The van der Waals surface area contributed by atoms with Crippen molar-refractivity contribution in [1.29, 1.82) is 0 Å². The first-order valence-corrected chi connectivity index (χ1v) is 9.42. The minimum atomic E-state index is -0.302. The number of ether oxygens (including phenoxy) is 1. The molecule has 1 amide bonds. The van der Waals surface area contributed by atoms with Crippen LogP contribution in [0.3, 0.4) is 0 Å². The number of aromatic nitrogens is 3. The largest absolute Gasteiger partial charge is 0.378 e. The summed E-state index contributed by atoms with van der Waals surface area (Å²) in [4.78, 5) is 26.0. The van der Waals surface area contributed by atoms with Crippen LogP contribution >= 0.6 is 0 Å². The quantitative estimate of drug-likeness (QED) is 0.691. The van der Waals surface area contributed by atoms with Gasteiger partial charge in [-0.05, 0) is 18.2 Å². The number of nitrogens with zero attached hydrogens (tertiary/aromatic N) is 5. The minimum absolute atomic E-state index is 0.0133. The Labute approximate surface area is 161 Å². The number of carbonyl (C=O) groups excluding carboxylic acids is 1. The molecule has 0 atom stereocenters. The Morgan fingerprint density at radius 2 is 2.00 bits per heavy atom. The minimum Gasteiger partial charge on any atom is -0.378 e. The second kappa shape index (κ2) is 6.87. The zero-order valence-corrected chi connectivity index (χ0v) is 15.3. The molecule has 2 aliphatic rings. The van der Waals surface area contributed by atoms with Crippen LogP contribution in [0.4, 0.5) is 10.1 Å². The van der Waals surface area contributed by atoms with Gasteiger partial charge in [-0.25, -0.2) is 9.37 Å². The van der Waals surface area contributed by atoms with Crippen molar-refractivity contribution in [2.75, 3.05) is 37.7 Å². The second-order valence-corrected chi connectivity index (χ2v) is 7.07. The molecule has 3 aromatic rings. The van der Waals surface area contributed by atoms with E-state index in [1.54, 1.807) is 16.7 Å². The zero-order valence-electron chi connectivity index (χ0n) is 15.3. The third-order valence-electron chi connectivity index (χ3n) is 5.30. The van der Waals surface area contributed by atoms with Crippen LogP contribution in [-0.2, 0) is 17.7 Å². The maximum atomic E-state index is 13.4. The van der Waals surface area contributed by atoms with E-state index in [0.717, 1.165) is 30.2 Å². The van der Waals surface area contributed by atoms with Crippen LogP contribution in [0.25, 0.3) is 5.65 Å². The predicted molar refractivity (Wildman–Crippen MR) is 101 cm³/mol. The van der Waals surface area contributed by atoms with Crippen molar-refractivity contribution in [3.63, 3.8) is 0 Å². The molecule has 0 bridgehead atoms. The van der Waals surface area contributed by atoms with Crippen LogP contribution in [-0.4, -0.2) is 58.0 Å². The van der Waals surface area contributed by atoms with E-state index in [0.29, 0.717) is 43.9 Å². The van der Waals surface area contributed by atoms with Crippen molar-refractivity contribution < 1.29 is 13.9 Å². The van der Waals surface area contributed by atoms with Crippen molar-refractivity contribution in [2.45, 2.75) is 13.0 Å². The Hall–Kier alpha value is -3.00. The summed E-state index contributed by atoms with van der Waals surface area (Å²) in [6.07, 6.45) is 5.59. The Morgan fingerprint density at radius 1 is 1.14 bits per heavy atom. The smallest absolute Gasteiger partial charge is 0.258 e. The van der Waals surface area contributed by atoms with Crippen molar-refractivity contribution in [3.8, 4) is 0 Å². The maximum absolute atomic E-state index is 13.4. The molecule has 0 N–H and O–H groups in total. The Bertz CT molecular complexity index is 1040. The summed E-state index contributed by atoms with van der Waals surface area (Å²) >= 11 is 0. The first-order chi connectivity index (χ1) is 13.7. The molecule has 0 radical (unpaired) electrons. The highest BCUT2D eigenvalue weighted by molar-refractivity contribution is 6.03. The monoisotopic (exact) mass is 381 g/mol. The molecule has 1 saturated heterocycles. The van der Waals surface area contributed by atoms with E-state index >= 15 is 0 Å². The van der Waals surface area contributed by atoms with E-state index in [2.05, 4.69) is 14.9 Å². The van der Waals surface area contributed by atoms with Crippen LogP contribution in [0.5, 0.6) is 0 Å². The molecule has 2 aliphatic heterocycles. The van der Waals surface area contributed by atoms with E-state index in [1.165, 1.54) is 12.3 Å². The van der Waals surface area contributed by atoms with Gasteiger partial charge in [-0.15, -0.1) is 0 Å². The van der Waals surface area contributed by atoms with Gasteiger partial charge in [0.2, 0.25) is 0 Å². The van der Waals surface area contributed by atoms with Gasteiger partial charge in [-0.2, -0.15) is 0 Å². The average molecular weight is 381 g/mol. The summed E-state index contributed by atoms with van der Waals surface area (Å²) in [6.45, 7) is 3.95. The predicted octanol–water partition coefficient (Wildman–Crippen LogP) is 1.90. The molecule has 0 aromatic carbocycles. The van der Waals surface area contributed by atoms with Gasteiger partial charge in [0.05, 0.1) is 42.4 Å². The fourth-order valence-electron chi connectivity index (χ4n) is 3.89. The van der Waals surface area contributed by atoms with Crippen molar-refractivity contribution >= 4 is 17.2 Å². The van der Waals surface area contributed by atoms with Gasteiger partial charge in [-0.3, -0.25) is 9.78 Å². The number of carbonyl (C=O) groups is 1. The molecule has 5 heterocycles.